The molecule has 0 spiro atoms. The number of rotatable bonds is 1. The fraction of sp³-hybridized carbons (Fsp3) is 0.692. The fourth-order valence-electron chi connectivity index (χ4n) is 2.86. The third-order valence-electron chi connectivity index (χ3n) is 4.12. The van der Waals surface area contributed by atoms with Gasteiger partial charge in [-0.15, -0.1) is 0 Å². The van der Waals surface area contributed by atoms with E-state index in [0.717, 1.165) is 13.1 Å². The van der Waals surface area contributed by atoms with E-state index < -0.39 is 11.9 Å². The first-order valence-electron chi connectivity index (χ1n) is 6.92. The first kappa shape index (κ1) is 14.7. The highest BCUT2D eigenvalue weighted by atomic mass is 19.4. The van der Waals surface area contributed by atoms with E-state index in [2.05, 4.69) is 20.2 Å². The Labute approximate surface area is 121 Å². The third-order valence-corrected chi connectivity index (χ3v) is 4.12. The maximum absolute atomic E-state index is 13.2. The second-order valence-electron chi connectivity index (χ2n) is 5.72. The molecule has 0 radical (unpaired) electrons. The Morgan fingerprint density at radius 2 is 1.90 bits per heavy atom. The van der Waals surface area contributed by atoms with Gasteiger partial charge in [-0.25, -0.2) is 9.97 Å². The van der Waals surface area contributed by atoms with Crippen molar-refractivity contribution in [3.63, 3.8) is 0 Å². The maximum Gasteiger partial charge on any atom is 0.433 e. The summed E-state index contributed by atoms with van der Waals surface area (Å²) < 4.78 is 39.7. The normalized spacial score (nSPS) is 24.3. The molecule has 0 amide bonds. The number of aromatic nitrogens is 2. The maximum atomic E-state index is 13.2. The molecule has 1 aromatic heterocycles. The van der Waals surface area contributed by atoms with Gasteiger partial charge in [-0.05, 0) is 14.1 Å². The van der Waals surface area contributed by atoms with Crippen molar-refractivity contribution in [1.29, 1.82) is 0 Å². The lowest BCUT2D eigenvalue weighted by Gasteiger charge is -2.36. The molecule has 1 fully saturated rings. The summed E-state index contributed by atoms with van der Waals surface area (Å²) in [7, 11) is 3.86. The summed E-state index contributed by atoms with van der Waals surface area (Å²) in [4.78, 5) is 12.4. The number of fused-ring (bicyclic) bond motifs is 1. The molecule has 2 aliphatic rings. The van der Waals surface area contributed by atoms with E-state index in [-0.39, 0.29) is 24.0 Å². The molecular weight excluding hydrogens is 283 g/mol. The number of hydrogen-bond acceptors (Lipinski definition) is 5. The first-order valence-corrected chi connectivity index (χ1v) is 6.92. The van der Waals surface area contributed by atoms with Crippen molar-refractivity contribution in [1.82, 2.24) is 25.1 Å². The zero-order chi connectivity index (χ0) is 15.2. The molecular formula is C13H18F3N5. The molecule has 1 aromatic rings. The van der Waals surface area contributed by atoms with Gasteiger partial charge < -0.3 is 10.2 Å². The number of alkyl halides is 3. The van der Waals surface area contributed by atoms with Gasteiger partial charge in [-0.2, -0.15) is 13.2 Å². The second kappa shape index (κ2) is 5.19. The van der Waals surface area contributed by atoms with Crippen LogP contribution in [-0.2, 0) is 19.3 Å². The number of halogens is 3. The van der Waals surface area contributed by atoms with Gasteiger partial charge in [-0.1, -0.05) is 0 Å². The van der Waals surface area contributed by atoms with Crippen LogP contribution in [0.2, 0.25) is 0 Å². The molecule has 1 atom stereocenters. The lowest BCUT2D eigenvalue weighted by atomic mass is 10.1. The summed E-state index contributed by atoms with van der Waals surface area (Å²) in [6.45, 7) is 2.89. The third kappa shape index (κ3) is 2.75. The molecule has 3 heterocycles. The minimum Gasteiger partial charge on any atom is -0.307 e. The highest BCUT2D eigenvalue weighted by Crippen LogP contribution is 2.34. The average Bonchev–Trinajstić information content (AvgIpc) is 2.87. The topological polar surface area (TPSA) is 44.3 Å². The van der Waals surface area contributed by atoms with E-state index in [9.17, 15) is 13.2 Å². The van der Waals surface area contributed by atoms with Crippen LogP contribution in [0.5, 0.6) is 0 Å². The monoisotopic (exact) mass is 301 g/mol. The molecule has 116 valence electrons. The van der Waals surface area contributed by atoms with Crippen molar-refractivity contribution in [3.8, 4) is 0 Å². The van der Waals surface area contributed by atoms with E-state index in [0.29, 0.717) is 18.8 Å². The van der Waals surface area contributed by atoms with Crippen molar-refractivity contribution >= 4 is 0 Å². The van der Waals surface area contributed by atoms with E-state index in [1.165, 1.54) is 0 Å². The van der Waals surface area contributed by atoms with Crippen LogP contribution in [0.4, 0.5) is 13.2 Å². The average molecular weight is 301 g/mol. The molecule has 2 aliphatic heterocycles. The van der Waals surface area contributed by atoms with Crippen molar-refractivity contribution in [2.24, 2.45) is 0 Å². The Morgan fingerprint density at radius 3 is 2.62 bits per heavy atom. The van der Waals surface area contributed by atoms with Crippen LogP contribution in [0.15, 0.2) is 0 Å². The Balaban J connectivity index is 2.03. The van der Waals surface area contributed by atoms with Crippen LogP contribution in [0.1, 0.15) is 28.8 Å². The SMILES string of the molecule is CN1CCN(C)C(c2nc3c(c(C(F)(F)F)n2)CNC3)C1. The molecule has 8 heteroatoms. The number of likely N-dealkylation sites (N-methyl/N-ethyl adjacent to an activating group) is 2. The summed E-state index contributed by atoms with van der Waals surface area (Å²) in [5.74, 6) is 0.277. The quantitative estimate of drug-likeness (QED) is 0.839. The minimum atomic E-state index is -4.44. The van der Waals surface area contributed by atoms with Crippen molar-refractivity contribution in [2.75, 3.05) is 33.7 Å². The van der Waals surface area contributed by atoms with Gasteiger partial charge >= 0.3 is 6.18 Å². The number of nitrogens with zero attached hydrogens (tertiary/aromatic N) is 4. The lowest BCUT2D eigenvalue weighted by molar-refractivity contribution is -0.142. The molecule has 1 unspecified atom stereocenters. The van der Waals surface area contributed by atoms with Gasteiger partial charge in [0.25, 0.3) is 0 Å². The Bertz CT molecular complexity index is 545. The van der Waals surface area contributed by atoms with Gasteiger partial charge in [-0.3, -0.25) is 4.90 Å². The summed E-state index contributed by atoms with van der Waals surface area (Å²) in [5, 5.41) is 2.92. The molecule has 5 nitrogen and oxygen atoms in total. The standard InChI is InChI=1S/C13H18F3N5/c1-20-3-4-21(2)10(7-20)12-18-9-6-17-5-8(9)11(19-12)13(14,15)16/h10,17H,3-7H2,1-2H3. The van der Waals surface area contributed by atoms with Crippen molar-refractivity contribution < 1.29 is 13.2 Å². The highest BCUT2D eigenvalue weighted by molar-refractivity contribution is 5.31. The molecule has 1 N–H and O–H groups in total. The first-order chi connectivity index (χ1) is 9.86. The minimum absolute atomic E-state index is 0.185. The summed E-state index contributed by atoms with van der Waals surface area (Å²) in [6, 6.07) is -0.198. The molecule has 1 saturated heterocycles. The zero-order valence-corrected chi connectivity index (χ0v) is 12.0. The zero-order valence-electron chi connectivity index (χ0n) is 12.0. The summed E-state index contributed by atoms with van der Waals surface area (Å²) >= 11 is 0. The van der Waals surface area contributed by atoms with E-state index >= 15 is 0 Å². The molecule has 0 aliphatic carbocycles. The van der Waals surface area contributed by atoms with E-state index in [1.807, 2.05) is 19.0 Å². The van der Waals surface area contributed by atoms with Crippen LogP contribution in [0.3, 0.4) is 0 Å². The van der Waals surface area contributed by atoms with Gasteiger partial charge in [0.2, 0.25) is 0 Å². The molecule has 0 bridgehead atoms. The number of piperazine rings is 1. The number of hydrogen-bond donors (Lipinski definition) is 1. The number of nitrogens with one attached hydrogen (secondary N) is 1. The Hall–Kier alpha value is -1.25. The van der Waals surface area contributed by atoms with Crippen molar-refractivity contribution in [3.05, 3.63) is 22.8 Å². The molecule has 0 saturated carbocycles. The Kier molecular flexibility index (Phi) is 3.62. The van der Waals surface area contributed by atoms with Crippen LogP contribution in [0.25, 0.3) is 0 Å². The van der Waals surface area contributed by atoms with Crippen molar-refractivity contribution in [2.45, 2.75) is 25.3 Å². The van der Waals surface area contributed by atoms with Gasteiger partial charge in [0.15, 0.2) is 5.69 Å². The lowest BCUT2D eigenvalue weighted by Crippen LogP contribution is -2.45. The van der Waals surface area contributed by atoms with Gasteiger partial charge in [0.1, 0.15) is 5.82 Å². The summed E-state index contributed by atoms with van der Waals surface area (Å²) in [6.07, 6.45) is -4.44. The van der Waals surface area contributed by atoms with Crippen LogP contribution in [0, 0.1) is 0 Å². The predicted octanol–water partition coefficient (Wildman–Crippen LogP) is 1.02. The van der Waals surface area contributed by atoms with Crippen LogP contribution < -0.4 is 5.32 Å². The summed E-state index contributed by atoms with van der Waals surface area (Å²) in [5.41, 5.74) is -0.110. The van der Waals surface area contributed by atoms with Crippen LogP contribution >= 0.6 is 0 Å². The fourth-order valence-corrected chi connectivity index (χ4v) is 2.86. The van der Waals surface area contributed by atoms with Gasteiger partial charge in [0.05, 0.1) is 11.7 Å². The smallest absolute Gasteiger partial charge is 0.307 e. The van der Waals surface area contributed by atoms with Crippen LogP contribution in [-0.4, -0.2) is 53.5 Å². The van der Waals surface area contributed by atoms with E-state index in [4.69, 9.17) is 0 Å². The predicted molar refractivity (Wildman–Crippen MR) is 70.4 cm³/mol. The molecule has 3 rings (SSSR count). The molecule has 0 aromatic carbocycles. The Morgan fingerprint density at radius 1 is 1.14 bits per heavy atom. The van der Waals surface area contributed by atoms with E-state index in [1.54, 1.807) is 0 Å². The largest absolute Gasteiger partial charge is 0.433 e. The van der Waals surface area contributed by atoms with Gasteiger partial charge in [0, 0.05) is 38.3 Å². The second-order valence-corrected chi connectivity index (χ2v) is 5.72. The molecule has 21 heavy (non-hydrogen) atoms. The highest BCUT2D eigenvalue weighted by Gasteiger charge is 2.39.